The van der Waals surface area contributed by atoms with Gasteiger partial charge in [0.15, 0.2) is 0 Å². The topological polar surface area (TPSA) is 38.0 Å². The van der Waals surface area contributed by atoms with Crippen molar-refractivity contribution < 1.29 is 0 Å². The molecule has 1 aromatic carbocycles. The lowest BCUT2D eigenvalue weighted by molar-refractivity contribution is 0.589. The second-order valence-electron chi connectivity index (χ2n) is 3.43. The van der Waals surface area contributed by atoms with Crippen molar-refractivity contribution in [2.45, 2.75) is 26.4 Å². The summed E-state index contributed by atoms with van der Waals surface area (Å²) in [7, 11) is 0. The van der Waals surface area contributed by atoms with Crippen LogP contribution in [0.25, 0.3) is 0 Å². The van der Waals surface area contributed by atoms with E-state index in [0.717, 1.165) is 12.1 Å². The van der Waals surface area contributed by atoms with Gasteiger partial charge in [0.25, 0.3) is 0 Å². The van der Waals surface area contributed by atoms with E-state index in [1.165, 1.54) is 0 Å². The minimum atomic E-state index is 0.472. The minimum Gasteiger partial charge on any atom is -0.399 e. The fraction of sp³-hybridized carbons (Fsp3) is 0.400. The summed E-state index contributed by atoms with van der Waals surface area (Å²) in [4.78, 5) is 0. The van der Waals surface area contributed by atoms with E-state index in [-0.39, 0.29) is 0 Å². The molecule has 0 unspecified atom stereocenters. The molecule has 3 heteroatoms. The van der Waals surface area contributed by atoms with Gasteiger partial charge in [0.2, 0.25) is 0 Å². The van der Waals surface area contributed by atoms with Crippen LogP contribution in [0.5, 0.6) is 0 Å². The van der Waals surface area contributed by atoms with Gasteiger partial charge in [0.1, 0.15) is 0 Å². The highest BCUT2D eigenvalue weighted by Gasteiger charge is 1.98. The summed E-state index contributed by atoms with van der Waals surface area (Å²) in [6.07, 6.45) is 0. The largest absolute Gasteiger partial charge is 0.399 e. The number of benzene rings is 1. The second kappa shape index (κ2) is 4.49. The van der Waals surface area contributed by atoms with Gasteiger partial charge < -0.3 is 11.1 Å². The summed E-state index contributed by atoms with van der Waals surface area (Å²) >= 11 is 5.86. The molecule has 0 aromatic heterocycles. The van der Waals surface area contributed by atoms with Gasteiger partial charge in [-0.1, -0.05) is 25.4 Å². The molecule has 0 spiro atoms. The third-order valence-corrected chi connectivity index (χ3v) is 1.91. The fourth-order valence-corrected chi connectivity index (χ4v) is 1.37. The Balaban J connectivity index is 2.66. The zero-order chi connectivity index (χ0) is 9.84. The van der Waals surface area contributed by atoms with E-state index < -0.39 is 0 Å². The number of hydrogen-bond acceptors (Lipinski definition) is 2. The molecule has 0 bridgehead atoms. The van der Waals surface area contributed by atoms with Gasteiger partial charge in [0, 0.05) is 23.3 Å². The van der Waals surface area contributed by atoms with E-state index in [9.17, 15) is 0 Å². The molecule has 0 saturated carbocycles. The maximum Gasteiger partial charge on any atom is 0.0429 e. The lowest BCUT2D eigenvalue weighted by atomic mass is 10.2. The predicted octanol–water partition coefficient (Wildman–Crippen LogP) is 2.42. The first-order valence-electron chi connectivity index (χ1n) is 4.36. The lowest BCUT2D eigenvalue weighted by Crippen LogP contribution is -2.21. The number of nitrogens with one attached hydrogen (secondary N) is 1. The van der Waals surface area contributed by atoms with Gasteiger partial charge in [-0.2, -0.15) is 0 Å². The van der Waals surface area contributed by atoms with Crippen LogP contribution in [0.15, 0.2) is 18.2 Å². The summed E-state index contributed by atoms with van der Waals surface area (Å²) in [5, 5.41) is 4.00. The molecule has 0 saturated heterocycles. The Bertz CT molecular complexity index is 264. The van der Waals surface area contributed by atoms with Crippen molar-refractivity contribution in [2.75, 3.05) is 5.73 Å². The van der Waals surface area contributed by atoms with Crippen molar-refractivity contribution in [3.8, 4) is 0 Å². The van der Waals surface area contributed by atoms with Crippen LogP contribution in [0.4, 0.5) is 5.69 Å². The number of halogens is 1. The highest BCUT2D eigenvalue weighted by molar-refractivity contribution is 6.30. The lowest BCUT2D eigenvalue weighted by Gasteiger charge is -2.08. The Labute approximate surface area is 84.1 Å². The molecule has 0 fully saturated rings. The van der Waals surface area contributed by atoms with Crippen LogP contribution in [0.2, 0.25) is 5.02 Å². The molecule has 2 nitrogen and oxygen atoms in total. The van der Waals surface area contributed by atoms with Crippen molar-refractivity contribution >= 4 is 17.3 Å². The molecule has 0 aliphatic rings. The van der Waals surface area contributed by atoms with E-state index in [1.807, 2.05) is 12.1 Å². The monoisotopic (exact) mass is 198 g/mol. The van der Waals surface area contributed by atoms with Crippen LogP contribution in [-0.4, -0.2) is 6.04 Å². The standard InChI is InChI=1S/C10H15ClN2/c1-7(2)13-6-8-3-9(11)5-10(12)4-8/h3-5,7,13H,6,12H2,1-2H3. The highest BCUT2D eigenvalue weighted by Crippen LogP contribution is 2.16. The minimum absolute atomic E-state index is 0.472. The summed E-state index contributed by atoms with van der Waals surface area (Å²) in [6.45, 7) is 5.02. The summed E-state index contributed by atoms with van der Waals surface area (Å²) in [5.74, 6) is 0. The SMILES string of the molecule is CC(C)NCc1cc(N)cc(Cl)c1. The first-order valence-corrected chi connectivity index (χ1v) is 4.74. The number of anilines is 1. The molecule has 0 amide bonds. The molecule has 0 heterocycles. The summed E-state index contributed by atoms with van der Waals surface area (Å²) in [6, 6.07) is 6.08. The first kappa shape index (κ1) is 10.4. The average Bonchev–Trinajstić information content (AvgIpc) is 1.99. The summed E-state index contributed by atoms with van der Waals surface area (Å²) < 4.78 is 0. The Morgan fingerprint density at radius 3 is 2.62 bits per heavy atom. The van der Waals surface area contributed by atoms with Gasteiger partial charge in [-0.25, -0.2) is 0 Å². The van der Waals surface area contributed by atoms with Crippen LogP contribution >= 0.6 is 11.6 Å². The van der Waals surface area contributed by atoms with E-state index in [2.05, 4.69) is 19.2 Å². The first-order chi connectivity index (χ1) is 6.08. The van der Waals surface area contributed by atoms with Crippen molar-refractivity contribution in [1.82, 2.24) is 5.32 Å². The van der Waals surface area contributed by atoms with Gasteiger partial charge in [0.05, 0.1) is 0 Å². The summed E-state index contributed by atoms with van der Waals surface area (Å²) in [5.41, 5.74) is 7.49. The molecule has 0 atom stereocenters. The Hall–Kier alpha value is -0.730. The number of rotatable bonds is 3. The van der Waals surface area contributed by atoms with E-state index in [1.54, 1.807) is 6.07 Å². The number of nitrogen functional groups attached to an aromatic ring is 1. The number of hydrogen-bond donors (Lipinski definition) is 2. The molecule has 0 aliphatic heterocycles. The van der Waals surface area contributed by atoms with Crippen molar-refractivity contribution in [1.29, 1.82) is 0 Å². The van der Waals surface area contributed by atoms with E-state index in [4.69, 9.17) is 17.3 Å². The van der Waals surface area contributed by atoms with Crippen LogP contribution in [0.3, 0.4) is 0 Å². The Morgan fingerprint density at radius 1 is 1.38 bits per heavy atom. The van der Waals surface area contributed by atoms with Crippen molar-refractivity contribution in [2.24, 2.45) is 0 Å². The molecule has 13 heavy (non-hydrogen) atoms. The van der Waals surface area contributed by atoms with Crippen LogP contribution in [0.1, 0.15) is 19.4 Å². The van der Waals surface area contributed by atoms with Gasteiger partial charge >= 0.3 is 0 Å². The average molecular weight is 199 g/mol. The molecule has 1 rings (SSSR count). The fourth-order valence-electron chi connectivity index (χ4n) is 1.10. The predicted molar refractivity (Wildman–Crippen MR) is 57.8 cm³/mol. The third-order valence-electron chi connectivity index (χ3n) is 1.69. The Morgan fingerprint density at radius 2 is 2.08 bits per heavy atom. The smallest absolute Gasteiger partial charge is 0.0429 e. The maximum atomic E-state index is 5.86. The second-order valence-corrected chi connectivity index (χ2v) is 3.86. The molecular formula is C10H15ClN2. The quantitative estimate of drug-likeness (QED) is 0.733. The van der Waals surface area contributed by atoms with Crippen molar-refractivity contribution in [3.63, 3.8) is 0 Å². The normalized spacial score (nSPS) is 10.8. The van der Waals surface area contributed by atoms with Crippen LogP contribution in [-0.2, 0) is 6.54 Å². The van der Waals surface area contributed by atoms with Crippen molar-refractivity contribution in [3.05, 3.63) is 28.8 Å². The number of nitrogens with two attached hydrogens (primary N) is 1. The molecule has 0 radical (unpaired) electrons. The van der Waals surface area contributed by atoms with Gasteiger partial charge in [-0.05, 0) is 23.8 Å². The van der Waals surface area contributed by atoms with Crippen LogP contribution in [0, 0.1) is 0 Å². The maximum absolute atomic E-state index is 5.86. The molecule has 72 valence electrons. The molecule has 0 aliphatic carbocycles. The van der Waals surface area contributed by atoms with Gasteiger partial charge in [-0.3, -0.25) is 0 Å². The Kier molecular flexibility index (Phi) is 3.58. The van der Waals surface area contributed by atoms with E-state index >= 15 is 0 Å². The third kappa shape index (κ3) is 3.66. The zero-order valence-corrected chi connectivity index (χ0v) is 8.73. The highest BCUT2D eigenvalue weighted by atomic mass is 35.5. The van der Waals surface area contributed by atoms with Crippen LogP contribution < -0.4 is 11.1 Å². The van der Waals surface area contributed by atoms with E-state index in [0.29, 0.717) is 16.8 Å². The molecular weight excluding hydrogens is 184 g/mol. The van der Waals surface area contributed by atoms with Gasteiger partial charge in [-0.15, -0.1) is 0 Å². The molecule has 1 aromatic rings. The molecule has 3 N–H and O–H groups in total. The zero-order valence-electron chi connectivity index (χ0n) is 7.97.